The van der Waals surface area contributed by atoms with E-state index in [1.165, 1.54) is 0 Å². The minimum Gasteiger partial charge on any atom is -0.504 e. The number of hydrogen-bond donors (Lipinski definition) is 6. The minimum atomic E-state index is -1.39. The van der Waals surface area contributed by atoms with E-state index in [0.717, 1.165) is 12.0 Å². The van der Waals surface area contributed by atoms with Crippen molar-refractivity contribution in [3.8, 4) is 0 Å². The Labute approximate surface area is 202 Å². The summed E-state index contributed by atoms with van der Waals surface area (Å²) in [5.74, 6) is -1.09. The lowest BCUT2D eigenvalue weighted by Crippen LogP contribution is -2.54. The predicted octanol–water partition coefficient (Wildman–Crippen LogP) is 2.69. The number of aliphatic hydroxyl groups excluding tert-OH is 4. The molecule has 0 spiro atoms. The predicted molar refractivity (Wildman–Crippen MR) is 127 cm³/mol. The van der Waals surface area contributed by atoms with Crippen molar-refractivity contribution < 1.29 is 35.4 Å². The van der Waals surface area contributed by atoms with Crippen molar-refractivity contribution in [2.24, 2.45) is 22.7 Å². The second kappa shape index (κ2) is 8.13. The van der Waals surface area contributed by atoms with E-state index in [-0.39, 0.29) is 42.6 Å². The van der Waals surface area contributed by atoms with Crippen molar-refractivity contribution in [2.75, 3.05) is 0 Å². The molecular formula is C27H42O7. The Balaban J connectivity index is 1.68. The molecule has 4 aliphatic carbocycles. The quantitative estimate of drug-likeness (QED) is 0.357. The Morgan fingerprint density at radius 2 is 1.71 bits per heavy atom. The Kier molecular flexibility index (Phi) is 6.18. The molecule has 0 aromatic heterocycles. The number of carbonyl (C=O) groups excluding carboxylic acids is 1. The lowest BCUT2D eigenvalue weighted by molar-refractivity contribution is -0.139. The summed E-state index contributed by atoms with van der Waals surface area (Å²) >= 11 is 0. The molecular weight excluding hydrogens is 436 g/mol. The first kappa shape index (κ1) is 25.8. The van der Waals surface area contributed by atoms with E-state index >= 15 is 0 Å². The summed E-state index contributed by atoms with van der Waals surface area (Å²) < 4.78 is 0. The van der Waals surface area contributed by atoms with E-state index in [0.29, 0.717) is 36.8 Å². The summed E-state index contributed by atoms with van der Waals surface area (Å²) in [6.07, 6.45) is 0.705. The third-order valence-electron chi connectivity index (χ3n) is 9.89. The van der Waals surface area contributed by atoms with Gasteiger partial charge in [0.2, 0.25) is 5.78 Å². The Bertz CT molecular complexity index is 926. The van der Waals surface area contributed by atoms with Gasteiger partial charge in [-0.15, -0.1) is 0 Å². The summed E-state index contributed by atoms with van der Waals surface area (Å²) in [5, 5.41) is 64.1. The van der Waals surface area contributed by atoms with Gasteiger partial charge in [0.25, 0.3) is 0 Å². The molecule has 0 saturated heterocycles. The fraction of sp³-hybridized carbons (Fsp3) is 0.815. The van der Waals surface area contributed by atoms with Crippen LogP contribution in [0, 0.1) is 22.7 Å². The van der Waals surface area contributed by atoms with Crippen LogP contribution in [-0.4, -0.2) is 65.9 Å². The van der Waals surface area contributed by atoms with E-state index in [1.807, 2.05) is 6.92 Å². The Morgan fingerprint density at radius 3 is 2.32 bits per heavy atom. The first-order valence-corrected chi connectivity index (χ1v) is 12.7. The van der Waals surface area contributed by atoms with Crippen LogP contribution in [-0.2, 0) is 4.79 Å². The summed E-state index contributed by atoms with van der Waals surface area (Å²) in [7, 11) is 0. The van der Waals surface area contributed by atoms with Gasteiger partial charge in [-0.1, -0.05) is 19.4 Å². The number of rotatable bonds is 5. The van der Waals surface area contributed by atoms with Crippen LogP contribution in [0.4, 0.5) is 0 Å². The molecule has 2 saturated carbocycles. The van der Waals surface area contributed by atoms with Gasteiger partial charge in [0.05, 0.1) is 29.5 Å². The van der Waals surface area contributed by atoms with Crippen LogP contribution >= 0.6 is 0 Å². The van der Waals surface area contributed by atoms with Gasteiger partial charge in [0.1, 0.15) is 0 Å². The maximum Gasteiger partial charge on any atom is 0.223 e. The zero-order chi connectivity index (χ0) is 25.4. The van der Waals surface area contributed by atoms with Gasteiger partial charge in [-0.3, -0.25) is 4.79 Å². The van der Waals surface area contributed by atoms with Gasteiger partial charge in [-0.25, -0.2) is 0 Å². The van der Waals surface area contributed by atoms with E-state index < -0.39 is 40.3 Å². The van der Waals surface area contributed by atoms with Crippen molar-refractivity contribution in [1.29, 1.82) is 0 Å². The molecule has 34 heavy (non-hydrogen) atoms. The number of aliphatic hydroxyl groups is 6. The van der Waals surface area contributed by atoms with E-state index in [9.17, 15) is 35.4 Å². The molecule has 0 aromatic rings. The van der Waals surface area contributed by atoms with Crippen molar-refractivity contribution in [2.45, 2.75) is 115 Å². The second-order valence-corrected chi connectivity index (χ2v) is 12.7. The van der Waals surface area contributed by atoms with Crippen LogP contribution in [0.2, 0.25) is 0 Å². The minimum absolute atomic E-state index is 0.0820. The molecule has 0 aliphatic heterocycles. The maximum absolute atomic E-state index is 13.5. The van der Waals surface area contributed by atoms with Gasteiger partial charge < -0.3 is 30.6 Å². The highest BCUT2D eigenvalue weighted by Gasteiger charge is 2.61. The van der Waals surface area contributed by atoms with Crippen LogP contribution in [0.5, 0.6) is 0 Å². The van der Waals surface area contributed by atoms with Crippen molar-refractivity contribution >= 4 is 5.78 Å². The molecule has 7 nitrogen and oxygen atoms in total. The second-order valence-electron chi connectivity index (χ2n) is 12.7. The van der Waals surface area contributed by atoms with E-state index in [1.54, 1.807) is 20.8 Å². The third-order valence-corrected chi connectivity index (χ3v) is 9.89. The SMILES string of the molecule is CC(C)(O)CC[C@@H](O)[C@](C)(O)[C@H]1CC[C@@H]2C3=C(CC[C@@]21C)[C@@]1(C)C[C@H](O)[C@H](O)CC1=C(O)C3=O. The lowest BCUT2D eigenvalue weighted by atomic mass is 9.52. The molecule has 7 heteroatoms. The van der Waals surface area contributed by atoms with Crippen LogP contribution in [0.25, 0.3) is 0 Å². The lowest BCUT2D eigenvalue weighted by Gasteiger charge is -2.53. The number of allylic oxidation sites excluding steroid dienone is 2. The number of Topliss-reactive ketones (excluding diaryl/α,β-unsaturated/α-hetero) is 1. The number of hydrogen-bond acceptors (Lipinski definition) is 7. The fourth-order valence-electron chi connectivity index (χ4n) is 7.82. The van der Waals surface area contributed by atoms with E-state index in [2.05, 4.69) is 6.92 Å². The molecule has 2 fully saturated rings. The van der Waals surface area contributed by atoms with Crippen molar-refractivity contribution in [1.82, 2.24) is 0 Å². The van der Waals surface area contributed by atoms with Gasteiger partial charge in [-0.2, -0.15) is 0 Å². The molecule has 4 rings (SSSR count). The number of fused-ring (bicyclic) bond motifs is 4. The van der Waals surface area contributed by atoms with Gasteiger partial charge in [0, 0.05) is 17.4 Å². The van der Waals surface area contributed by atoms with Gasteiger partial charge in [-0.05, 0) is 88.5 Å². The van der Waals surface area contributed by atoms with Gasteiger partial charge >= 0.3 is 0 Å². The standard InChI is InChI=1S/C27H42O7/c1-24(2,33)10-9-20(30)27(5,34)19-7-6-14-21-15(8-11-25(14,19)3)26(4)13-18(29)17(28)12-16(26)22(31)23(21)32/h14,17-20,28-31,33-34H,6-13H2,1-5H3/t14-,17-,18+,19+,20-,25+,26-,27-/m1/s1. The number of carbonyl (C=O) groups is 1. The average molecular weight is 479 g/mol. The molecule has 4 aliphatic rings. The van der Waals surface area contributed by atoms with Gasteiger partial charge in [0.15, 0.2) is 5.76 Å². The molecule has 0 unspecified atom stereocenters. The molecule has 192 valence electrons. The first-order chi connectivity index (χ1) is 15.5. The molecule has 0 radical (unpaired) electrons. The summed E-state index contributed by atoms with van der Waals surface area (Å²) in [6, 6.07) is 0. The van der Waals surface area contributed by atoms with E-state index in [4.69, 9.17) is 0 Å². The number of ketones is 1. The Morgan fingerprint density at radius 1 is 1.06 bits per heavy atom. The highest BCUT2D eigenvalue weighted by atomic mass is 16.3. The largest absolute Gasteiger partial charge is 0.504 e. The first-order valence-electron chi connectivity index (χ1n) is 12.7. The smallest absolute Gasteiger partial charge is 0.223 e. The molecule has 0 heterocycles. The zero-order valence-corrected chi connectivity index (χ0v) is 21.1. The molecule has 8 atom stereocenters. The van der Waals surface area contributed by atoms with Crippen LogP contribution in [0.1, 0.15) is 86.0 Å². The third kappa shape index (κ3) is 3.79. The van der Waals surface area contributed by atoms with Crippen LogP contribution in [0.15, 0.2) is 22.5 Å². The normalized spacial score (nSPS) is 41.1. The highest BCUT2D eigenvalue weighted by Crippen LogP contribution is 2.65. The van der Waals surface area contributed by atoms with Crippen LogP contribution < -0.4 is 0 Å². The summed E-state index contributed by atoms with van der Waals surface area (Å²) in [5.41, 5.74) is -1.32. The Hall–Kier alpha value is -1.25. The molecule has 6 N–H and O–H groups in total. The summed E-state index contributed by atoms with van der Waals surface area (Å²) in [6.45, 7) is 9.08. The monoisotopic (exact) mass is 478 g/mol. The maximum atomic E-state index is 13.5. The molecule has 0 aromatic carbocycles. The highest BCUT2D eigenvalue weighted by molar-refractivity contribution is 6.10. The van der Waals surface area contributed by atoms with Crippen LogP contribution in [0.3, 0.4) is 0 Å². The molecule has 0 amide bonds. The average Bonchev–Trinajstić information content (AvgIpc) is 3.09. The van der Waals surface area contributed by atoms with Crippen molar-refractivity contribution in [3.05, 3.63) is 22.5 Å². The molecule has 0 bridgehead atoms. The topological polar surface area (TPSA) is 138 Å². The summed E-state index contributed by atoms with van der Waals surface area (Å²) in [4.78, 5) is 13.5. The van der Waals surface area contributed by atoms with Crippen molar-refractivity contribution in [3.63, 3.8) is 0 Å². The fourth-order valence-corrected chi connectivity index (χ4v) is 7.82. The zero-order valence-electron chi connectivity index (χ0n) is 21.1.